The number of hydrogen-bond donors (Lipinski definition) is 0. The predicted molar refractivity (Wildman–Crippen MR) is 164 cm³/mol. The van der Waals surface area contributed by atoms with E-state index in [1.807, 2.05) is 66.7 Å². The standard InChI is InChI=1S/C36H36O4/c1-36(2)30-23-31(36)32(37)22-28(30)15-14-24-20-27(17-16-25-10-6-8-12-33(25)38-3)29(35(21-24)40-5)19-18-26-11-7-9-13-34(26)39-4/h6-22,30-31H,23H2,1-5H3/b15-14+,17-16+,19-18+/t30-,31+/m0/s1. The summed E-state index contributed by atoms with van der Waals surface area (Å²) >= 11 is 0. The van der Waals surface area contributed by atoms with Crippen LogP contribution in [0.2, 0.25) is 0 Å². The van der Waals surface area contributed by atoms with E-state index in [0.29, 0.717) is 5.92 Å². The predicted octanol–water partition coefficient (Wildman–Crippen LogP) is 8.24. The molecule has 4 nitrogen and oxygen atoms in total. The summed E-state index contributed by atoms with van der Waals surface area (Å²) in [6, 6.07) is 20.0. The molecule has 40 heavy (non-hydrogen) atoms. The maximum atomic E-state index is 12.6. The van der Waals surface area contributed by atoms with E-state index in [1.54, 1.807) is 21.3 Å². The van der Waals surface area contributed by atoms with Crippen LogP contribution >= 0.6 is 0 Å². The molecule has 0 unspecified atom stereocenters. The van der Waals surface area contributed by atoms with E-state index in [2.05, 4.69) is 50.3 Å². The van der Waals surface area contributed by atoms with Crippen LogP contribution in [0.3, 0.4) is 0 Å². The van der Waals surface area contributed by atoms with Gasteiger partial charge in [-0.3, -0.25) is 4.79 Å². The van der Waals surface area contributed by atoms with Crippen LogP contribution in [0.15, 0.2) is 78.4 Å². The summed E-state index contributed by atoms with van der Waals surface area (Å²) in [5, 5.41) is 0. The van der Waals surface area contributed by atoms with Crippen LogP contribution in [0.1, 0.15) is 48.1 Å². The zero-order valence-corrected chi connectivity index (χ0v) is 23.8. The number of carbonyl (C=O) groups excluding carboxylic acids is 1. The summed E-state index contributed by atoms with van der Waals surface area (Å²) in [6.45, 7) is 4.41. The van der Waals surface area contributed by atoms with Crippen LogP contribution in [0.25, 0.3) is 30.4 Å². The van der Waals surface area contributed by atoms with Gasteiger partial charge in [0.15, 0.2) is 5.78 Å². The summed E-state index contributed by atoms with van der Waals surface area (Å²) < 4.78 is 17.0. The lowest BCUT2D eigenvalue weighted by Gasteiger charge is -2.54. The highest BCUT2D eigenvalue weighted by Crippen LogP contribution is 2.58. The Balaban J connectivity index is 1.56. The minimum atomic E-state index is 0.0268. The van der Waals surface area contributed by atoms with Crippen molar-refractivity contribution in [1.29, 1.82) is 0 Å². The first-order chi connectivity index (χ1) is 19.3. The number of benzene rings is 3. The van der Waals surface area contributed by atoms with Gasteiger partial charge in [0.1, 0.15) is 17.2 Å². The second kappa shape index (κ2) is 11.4. The molecule has 6 rings (SSSR count). The molecular formula is C36H36O4. The summed E-state index contributed by atoms with van der Waals surface area (Å²) in [4.78, 5) is 12.6. The van der Waals surface area contributed by atoms with Crippen LogP contribution < -0.4 is 14.2 Å². The number of allylic oxidation sites excluding steroid dienone is 3. The lowest BCUT2D eigenvalue weighted by atomic mass is 9.48. The third kappa shape index (κ3) is 5.27. The Labute approximate surface area is 237 Å². The van der Waals surface area contributed by atoms with Crippen molar-refractivity contribution in [1.82, 2.24) is 0 Å². The first-order valence-corrected chi connectivity index (χ1v) is 13.6. The number of para-hydroxylation sites is 2. The van der Waals surface area contributed by atoms with Gasteiger partial charge in [-0.2, -0.15) is 0 Å². The molecule has 204 valence electrons. The van der Waals surface area contributed by atoms with E-state index in [-0.39, 0.29) is 17.1 Å². The number of ether oxygens (including phenoxy) is 3. The third-order valence-corrected chi connectivity index (χ3v) is 8.36. The normalized spacial score (nSPS) is 19.6. The summed E-state index contributed by atoms with van der Waals surface area (Å²) in [7, 11) is 5.05. The van der Waals surface area contributed by atoms with Gasteiger partial charge in [0.05, 0.1) is 21.3 Å². The van der Waals surface area contributed by atoms with Gasteiger partial charge in [-0.1, -0.05) is 80.6 Å². The molecule has 0 radical (unpaired) electrons. The molecule has 3 aliphatic rings. The Morgan fingerprint density at radius 3 is 1.82 bits per heavy atom. The number of methoxy groups -OCH3 is 3. The van der Waals surface area contributed by atoms with Crippen molar-refractivity contribution in [3.05, 3.63) is 106 Å². The van der Waals surface area contributed by atoms with Crippen LogP contribution in [0.4, 0.5) is 0 Å². The Hall–Kier alpha value is -4.31. The molecule has 0 heterocycles. The minimum absolute atomic E-state index is 0.0268. The Kier molecular flexibility index (Phi) is 7.79. The van der Waals surface area contributed by atoms with Gasteiger partial charge in [-0.15, -0.1) is 0 Å². The molecule has 1 saturated carbocycles. The number of hydrogen-bond acceptors (Lipinski definition) is 4. The first kappa shape index (κ1) is 27.3. The molecule has 3 aliphatic carbocycles. The van der Waals surface area contributed by atoms with Crippen molar-refractivity contribution in [3.8, 4) is 17.2 Å². The SMILES string of the molecule is COc1ccccc1/C=C/c1cc(/C=C/C2=CC(=O)[C@H]3C[C@@H]2C3(C)C)cc(OC)c1/C=C/c1ccccc1OC. The van der Waals surface area contributed by atoms with E-state index in [4.69, 9.17) is 14.2 Å². The molecule has 0 spiro atoms. The van der Waals surface area contributed by atoms with Crippen molar-refractivity contribution in [2.75, 3.05) is 21.3 Å². The van der Waals surface area contributed by atoms with Crippen LogP contribution in [0.5, 0.6) is 17.2 Å². The maximum Gasteiger partial charge on any atom is 0.159 e. The van der Waals surface area contributed by atoms with E-state index < -0.39 is 0 Å². The van der Waals surface area contributed by atoms with Crippen molar-refractivity contribution < 1.29 is 19.0 Å². The van der Waals surface area contributed by atoms with Gasteiger partial charge in [-0.05, 0) is 70.9 Å². The summed E-state index contributed by atoms with van der Waals surface area (Å²) in [5.74, 6) is 3.20. The smallest absolute Gasteiger partial charge is 0.159 e. The Morgan fingerprint density at radius 1 is 0.675 bits per heavy atom. The topological polar surface area (TPSA) is 44.8 Å². The van der Waals surface area contributed by atoms with Gasteiger partial charge >= 0.3 is 0 Å². The summed E-state index contributed by atoms with van der Waals surface area (Å²) in [6.07, 6.45) is 15.2. The lowest BCUT2D eigenvalue weighted by molar-refractivity contribution is -0.133. The Bertz CT molecular complexity index is 1540. The molecule has 0 N–H and O–H groups in total. The maximum absolute atomic E-state index is 12.6. The zero-order chi connectivity index (χ0) is 28.3. The molecular weight excluding hydrogens is 496 g/mol. The first-order valence-electron chi connectivity index (χ1n) is 13.6. The molecule has 2 bridgehead atoms. The van der Waals surface area contributed by atoms with Gasteiger partial charge in [0.2, 0.25) is 0 Å². The van der Waals surface area contributed by atoms with Gasteiger partial charge in [0, 0.05) is 22.6 Å². The number of fused-ring (bicyclic) bond motifs is 1. The molecule has 0 aromatic heterocycles. The molecule has 4 heteroatoms. The quantitative estimate of drug-likeness (QED) is 0.260. The fourth-order valence-corrected chi connectivity index (χ4v) is 5.91. The molecule has 3 aromatic rings. The van der Waals surface area contributed by atoms with Crippen molar-refractivity contribution in [3.63, 3.8) is 0 Å². The zero-order valence-electron chi connectivity index (χ0n) is 23.8. The average molecular weight is 533 g/mol. The average Bonchev–Trinajstić information content (AvgIpc) is 2.97. The fraction of sp³-hybridized carbons (Fsp3) is 0.250. The highest BCUT2D eigenvalue weighted by Gasteiger charge is 2.54. The second-order valence-electron chi connectivity index (χ2n) is 10.9. The highest BCUT2D eigenvalue weighted by atomic mass is 16.5. The molecule has 0 amide bonds. The van der Waals surface area contributed by atoms with Gasteiger partial charge < -0.3 is 14.2 Å². The van der Waals surface area contributed by atoms with Gasteiger partial charge in [0.25, 0.3) is 0 Å². The van der Waals surface area contributed by atoms with Crippen molar-refractivity contribution in [2.24, 2.45) is 17.3 Å². The molecule has 2 atom stereocenters. The largest absolute Gasteiger partial charge is 0.496 e. The van der Waals surface area contributed by atoms with E-state index in [9.17, 15) is 4.79 Å². The second-order valence-corrected chi connectivity index (χ2v) is 10.9. The summed E-state index contributed by atoms with van der Waals surface area (Å²) in [5.41, 5.74) is 6.05. The lowest BCUT2D eigenvalue weighted by Crippen LogP contribution is -2.52. The van der Waals surface area contributed by atoms with Crippen LogP contribution in [0, 0.1) is 17.3 Å². The van der Waals surface area contributed by atoms with Gasteiger partial charge in [-0.25, -0.2) is 0 Å². The highest BCUT2D eigenvalue weighted by molar-refractivity contribution is 5.97. The number of rotatable bonds is 9. The third-order valence-electron chi connectivity index (χ3n) is 8.36. The molecule has 0 saturated heterocycles. The van der Waals surface area contributed by atoms with Crippen LogP contribution in [-0.4, -0.2) is 27.1 Å². The van der Waals surface area contributed by atoms with E-state index in [1.165, 1.54) is 0 Å². The number of ketones is 1. The minimum Gasteiger partial charge on any atom is -0.496 e. The van der Waals surface area contributed by atoms with Crippen molar-refractivity contribution in [2.45, 2.75) is 20.3 Å². The molecule has 1 fully saturated rings. The number of carbonyl (C=O) groups is 1. The fourth-order valence-electron chi connectivity index (χ4n) is 5.91. The van der Waals surface area contributed by atoms with E-state index in [0.717, 1.165) is 57.1 Å². The van der Waals surface area contributed by atoms with Crippen molar-refractivity contribution >= 4 is 36.2 Å². The molecule has 0 aliphatic heterocycles. The molecule has 3 aromatic carbocycles. The monoisotopic (exact) mass is 532 g/mol. The van der Waals surface area contributed by atoms with E-state index >= 15 is 0 Å². The van der Waals surface area contributed by atoms with Crippen LogP contribution in [-0.2, 0) is 4.79 Å². The Morgan fingerprint density at radius 2 is 1.25 bits per heavy atom.